The minimum atomic E-state index is 0.491. The molecule has 0 aliphatic rings. The normalized spacial score (nSPS) is 11.2. The van der Waals surface area contributed by atoms with Crippen LogP contribution in [0.15, 0.2) is 205 Å². The van der Waals surface area contributed by atoms with Gasteiger partial charge in [-0.3, -0.25) is 4.98 Å². The molecule has 0 amide bonds. The number of rotatable bonds is 8. The van der Waals surface area contributed by atoms with Gasteiger partial charge >= 0.3 is 0 Å². The predicted octanol–water partition coefficient (Wildman–Crippen LogP) is 13.0. The van der Waals surface area contributed by atoms with Gasteiger partial charge in [0.25, 0.3) is 0 Å². The Labute approximate surface area is 324 Å². The zero-order chi connectivity index (χ0) is 37.3. The number of furan rings is 1. The van der Waals surface area contributed by atoms with Gasteiger partial charge in [-0.1, -0.05) is 140 Å². The van der Waals surface area contributed by atoms with Crippen molar-refractivity contribution in [3.05, 3.63) is 200 Å². The van der Waals surface area contributed by atoms with E-state index in [2.05, 4.69) is 125 Å². The van der Waals surface area contributed by atoms with Gasteiger partial charge in [-0.25, -0.2) is 15.0 Å². The Kier molecular flexibility index (Phi) is 8.39. The third-order valence-electron chi connectivity index (χ3n) is 9.98. The minimum absolute atomic E-state index is 0.491. The predicted molar refractivity (Wildman–Crippen MR) is 227 cm³/mol. The minimum Gasteiger partial charge on any atom is -0.456 e. The SMILES string of the molecule is c1ccc(-c2ccc(N(c3ccc(-c4ccccc4)cc3)c3cc(-c4nc(-c5ccccc5)nc(-c5ccccn5)n4)cc4oc5ccccc5c34)cc2)cc1. The Hall–Kier alpha value is -7.70. The molecule has 0 aliphatic heterocycles. The van der Waals surface area contributed by atoms with Crippen molar-refractivity contribution in [1.29, 1.82) is 0 Å². The molecular weight excluding hydrogens is 687 g/mol. The molecule has 6 nitrogen and oxygen atoms in total. The molecule has 0 radical (unpaired) electrons. The molecule has 0 saturated carbocycles. The number of aromatic nitrogens is 4. The number of nitrogens with zero attached hydrogens (tertiary/aromatic N) is 5. The first kappa shape index (κ1) is 32.9. The molecule has 7 aromatic carbocycles. The maximum Gasteiger partial charge on any atom is 0.182 e. The largest absolute Gasteiger partial charge is 0.456 e. The van der Waals surface area contributed by atoms with E-state index in [9.17, 15) is 0 Å². The van der Waals surface area contributed by atoms with Gasteiger partial charge in [0, 0.05) is 34.1 Å². The first-order chi connectivity index (χ1) is 27.7. The van der Waals surface area contributed by atoms with E-state index in [1.54, 1.807) is 6.20 Å². The fraction of sp³-hybridized carbons (Fsp3) is 0. The van der Waals surface area contributed by atoms with Crippen LogP contribution < -0.4 is 4.90 Å². The summed E-state index contributed by atoms with van der Waals surface area (Å²) >= 11 is 0. The van der Waals surface area contributed by atoms with Gasteiger partial charge in [0.2, 0.25) is 0 Å². The van der Waals surface area contributed by atoms with Gasteiger partial charge in [0.05, 0.1) is 11.1 Å². The summed E-state index contributed by atoms with van der Waals surface area (Å²) in [6, 6.07) is 66.5. The van der Waals surface area contributed by atoms with Gasteiger partial charge in [-0.15, -0.1) is 0 Å². The highest BCUT2D eigenvalue weighted by atomic mass is 16.3. The van der Waals surface area contributed by atoms with Gasteiger partial charge in [-0.2, -0.15) is 0 Å². The molecule has 3 heterocycles. The molecule has 6 heteroatoms. The number of para-hydroxylation sites is 1. The van der Waals surface area contributed by atoms with Crippen LogP contribution >= 0.6 is 0 Å². The summed E-state index contributed by atoms with van der Waals surface area (Å²) in [5.74, 6) is 1.57. The molecule has 0 aliphatic carbocycles. The van der Waals surface area contributed by atoms with E-state index in [-0.39, 0.29) is 0 Å². The van der Waals surface area contributed by atoms with E-state index in [4.69, 9.17) is 19.4 Å². The second kappa shape index (κ2) is 14.3. The highest BCUT2D eigenvalue weighted by Gasteiger charge is 2.23. The second-order valence-electron chi connectivity index (χ2n) is 13.5. The third kappa shape index (κ3) is 6.25. The van der Waals surface area contributed by atoms with E-state index in [0.717, 1.165) is 72.4 Å². The van der Waals surface area contributed by atoms with E-state index in [1.165, 1.54) is 0 Å². The molecule has 3 aromatic heterocycles. The first-order valence-electron chi connectivity index (χ1n) is 18.5. The van der Waals surface area contributed by atoms with Gasteiger partial charge in [0.15, 0.2) is 17.5 Å². The van der Waals surface area contributed by atoms with Crippen molar-refractivity contribution < 1.29 is 4.42 Å². The molecule has 0 unspecified atom stereocenters. The highest BCUT2D eigenvalue weighted by Crippen LogP contribution is 2.45. The summed E-state index contributed by atoms with van der Waals surface area (Å²) < 4.78 is 6.65. The summed E-state index contributed by atoms with van der Waals surface area (Å²) in [7, 11) is 0. The average Bonchev–Trinajstić information content (AvgIpc) is 3.67. The van der Waals surface area contributed by atoms with Crippen LogP contribution in [0.4, 0.5) is 17.1 Å². The number of anilines is 3. The van der Waals surface area contributed by atoms with E-state index < -0.39 is 0 Å². The summed E-state index contributed by atoms with van der Waals surface area (Å²) in [4.78, 5) is 21.9. The van der Waals surface area contributed by atoms with Crippen molar-refractivity contribution in [3.63, 3.8) is 0 Å². The lowest BCUT2D eigenvalue weighted by atomic mass is 10.0. The lowest BCUT2D eigenvalue weighted by Gasteiger charge is -2.27. The molecule has 0 N–H and O–H groups in total. The van der Waals surface area contributed by atoms with E-state index in [1.807, 2.05) is 78.9 Å². The van der Waals surface area contributed by atoms with Gasteiger partial charge in [-0.05, 0) is 76.9 Å². The Bertz CT molecular complexity index is 2790. The first-order valence-corrected chi connectivity index (χ1v) is 18.5. The molecule has 0 saturated heterocycles. The van der Waals surface area contributed by atoms with Crippen molar-refractivity contribution in [3.8, 4) is 56.5 Å². The zero-order valence-electron chi connectivity index (χ0n) is 30.2. The molecule has 56 heavy (non-hydrogen) atoms. The van der Waals surface area contributed by atoms with E-state index >= 15 is 0 Å². The average molecular weight is 720 g/mol. The molecule has 0 atom stereocenters. The second-order valence-corrected chi connectivity index (χ2v) is 13.5. The monoisotopic (exact) mass is 719 g/mol. The van der Waals surface area contributed by atoms with Crippen molar-refractivity contribution >= 4 is 39.0 Å². The maximum atomic E-state index is 6.65. The molecule has 10 rings (SSSR count). The van der Waals surface area contributed by atoms with Crippen LogP contribution in [-0.2, 0) is 0 Å². The van der Waals surface area contributed by atoms with Crippen molar-refractivity contribution in [2.75, 3.05) is 4.90 Å². The van der Waals surface area contributed by atoms with Crippen LogP contribution in [0.25, 0.3) is 78.5 Å². The third-order valence-corrected chi connectivity index (χ3v) is 9.98. The molecule has 264 valence electrons. The molecule has 10 aromatic rings. The summed E-state index contributed by atoms with van der Waals surface area (Å²) in [5.41, 5.74) is 11.4. The number of fused-ring (bicyclic) bond motifs is 3. The van der Waals surface area contributed by atoms with Crippen molar-refractivity contribution in [2.45, 2.75) is 0 Å². The summed E-state index contributed by atoms with van der Waals surface area (Å²) in [6.07, 6.45) is 1.75. The Balaban J connectivity index is 1.21. The number of benzene rings is 7. The van der Waals surface area contributed by atoms with Crippen LogP contribution in [0.3, 0.4) is 0 Å². The lowest BCUT2D eigenvalue weighted by Crippen LogP contribution is -2.11. The molecular formula is C50H33N5O. The quantitative estimate of drug-likeness (QED) is 0.156. The van der Waals surface area contributed by atoms with Crippen LogP contribution in [0, 0.1) is 0 Å². The number of hydrogen-bond acceptors (Lipinski definition) is 6. The standard InChI is InChI=1S/C50H33N5O/c1-4-14-34(15-5-1)36-23-27-40(28-24-36)55(41-29-25-37(26-30-41)35-16-6-2-7-17-35)44-32-39(33-46-47(44)42-20-10-11-22-45(42)56-46)49-52-48(38-18-8-3-9-19-38)53-50(54-49)43-21-12-13-31-51-43/h1-33H. The topological polar surface area (TPSA) is 67.9 Å². The summed E-state index contributed by atoms with van der Waals surface area (Å²) in [5, 5.41) is 2.01. The lowest BCUT2D eigenvalue weighted by molar-refractivity contribution is 0.669. The van der Waals surface area contributed by atoms with E-state index in [0.29, 0.717) is 23.2 Å². The Morgan fingerprint density at radius 1 is 0.375 bits per heavy atom. The Morgan fingerprint density at radius 3 is 1.46 bits per heavy atom. The zero-order valence-corrected chi connectivity index (χ0v) is 30.2. The fourth-order valence-electron chi connectivity index (χ4n) is 7.26. The fourth-order valence-corrected chi connectivity index (χ4v) is 7.26. The van der Waals surface area contributed by atoms with Gasteiger partial charge < -0.3 is 9.32 Å². The maximum absolute atomic E-state index is 6.65. The highest BCUT2D eigenvalue weighted by molar-refractivity contribution is 6.14. The molecule has 0 fully saturated rings. The van der Waals surface area contributed by atoms with Crippen LogP contribution in [0.1, 0.15) is 0 Å². The number of hydrogen-bond donors (Lipinski definition) is 0. The molecule has 0 spiro atoms. The van der Waals surface area contributed by atoms with Crippen LogP contribution in [-0.4, -0.2) is 19.9 Å². The van der Waals surface area contributed by atoms with Crippen molar-refractivity contribution in [1.82, 2.24) is 19.9 Å². The summed E-state index contributed by atoms with van der Waals surface area (Å²) in [6.45, 7) is 0. The van der Waals surface area contributed by atoms with Crippen molar-refractivity contribution in [2.24, 2.45) is 0 Å². The van der Waals surface area contributed by atoms with Crippen LogP contribution in [0.2, 0.25) is 0 Å². The van der Waals surface area contributed by atoms with Crippen LogP contribution in [0.5, 0.6) is 0 Å². The number of pyridine rings is 1. The smallest absolute Gasteiger partial charge is 0.182 e. The van der Waals surface area contributed by atoms with Gasteiger partial charge in [0.1, 0.15) is 16.9 Å². The Morgan fingerprint density at radius 2 is 0.875 bits per heavy atom. The molecule has 0 bridgehead atoms.